The predicted molar refractivity (Wildman–Crippen MR) is 134 cm³/mol. The molecule has 0 bridgehead atoms. The molecule has 3 aliphatic rings. The molecule has 0 radical (unpaired) electrons. The first-order valence-electron chi connectivity index (χ1n) is 12.2. The number of ether oxygens (including phenoxy) is 1. The number of β-amino-alcohol motifs (C(OH)–C–C–N with tert-alkyl or cyclic N) is 1. The number of nitrogens with one attached hydrogen (secondary N) is 1. The van der Waals surface area contributed by atoms with E-state index in [1.54, 1.807) is 11.3 Å². The summed E-state index contributed by atoms with van der Waals surface area (Å²) in [7, 11) is 0. The normalized spacial score (nSPS) is 21.2. The van der Waals surface area contributed by atoms with Crippen LogP contribution in [0.5, 0.6) is 0 Å². The Labute approximate surface area is 206 Å². The predicted octanol–water partition coefficient (Wildman–Crippen LogP) is 2.33. The zero-order valence-corrected chi connectivity index (χ0v) is 20.3. The molecule has 0 aromatic carbocycles. The Hall–Kier alpha value is -2.96. The molecule has 3 aromatic heterocycles. The second-order valence-electron chi connectivity index (χ2n) is 9.18. The van der Waals surface area contributed by atoms with Crippen molar-refractivity contribution in [3.8, 4) is 0 Å². The quantitative estimate of drug-likeness (QED) is 0.541. The third kappa shape index (κ3) is 4.65. The molecule has 6 rings (SSSR count). The van der Waals surface area contributed by atoms with Gasteiger partial charge in [0.25, 0.3) is 11.9 Å². The number of hydrogen-bond donors (Lipinski definition) is 2. The van der Waals surface area contributed by atoms with Crippen LogP contribution in [0.25, 0.3) is 10.3 Å². The van der Waals surface area contributed by atoms with Crippen LogP contribution in [0.3, 0.4) is 0 Å². The minimum Gasteiger partial charge on any atom is -0.431 e. The SMILES string of the molecule is O=C(Nc1cc2sc(N3CCOCC3)nc2nc1N1CCCCC1)c1coc(N2CCC(O)C2)n1. The number of rotatable bonds is 5. The molecule has 3 aromatic rings. The monoisotopic (exact) mass is 499 g/mol. The van der Waals surface area contributed by atoms with Gasteiger partial charge in [0.15, 0.2) is 22.3 Å². The number of anilines is 4. The van der Waals surface area contributed by atoms with E-state index in [1.165, 1.54) is 12.7 Å². The first-order valence-corrected chi connectivity index (χ1v) is 13.0. The van der Waals surface area contributed by atoms with E-state index in [9.17, 15) is 9.90 Å². The lowest BCUT2D eigenvalue weighted by Gasteiger charge is -2.29. The van der Waals surface area contributed by atoms with Gasteiger partial charge in [-0.3, -0.25) is 4.79 Å². The molecule has 12 heteroatoms. The number of carbonyl (C=O) groups is 1. The molecule has 3 fully saturated rings. The molecule has 1 atom stereocenters. The van der Waals surface area contributed by atoms with Crippen molar-refractivity contribution in [2.24, 2.45) is 0 Å². The average molecular weight is 500 g/mol. The summed E-state index contributed by atoms with van der Waals surface area (Å²) in [5, 5.41) is 13.7. The number of fused-ring (bicyclic) bond motifs is 1. The Morgan fingerprint density at radius 2 is 1.86 bits per heavy atom. The van der Waals surface area contributed by atoms with Gasteiger partial charge in [0.1, 0.15) is 6.26 Å². The number of carbonyl (C=O) groups excluding carboxylic acids is 1. The number of morpholine rings is 1. The van der Waals surface area contributed by atoms with Crippen molar-refractivity contribution in [2.75, 3.05) is 72.5 Å². The molecule has 35 heavy (non-hydrogen) atoms. The van der Waals surface area contributed by atoms with Crippen molar-refractivity contribution in [2.45, 2.75) is 31.8 Å². The molecule has 3 aliphatic heterocycles. The van der Waals surface area contributed by atoms with Gasteiger partial charge in [-0.25, -0.2) is 4.98 Å². The van der Waals surface area contributed by atoms with Crippen molar-refractivity contribution in [1.29, 1.82) is 0 Å². The third-order valence-corrected chi connectivity index (χ3v) is 7.75. The van der Waals surface area contributed by atoms with Gasteiger partial charge in [-0.1, -0.05) is 11.3 Å². The van der Waals surface area contributed by atoms with Crippen LogP contribution in [0.15, 0.2) is 16.7 Å². The van der Waals surface area contributed by atoms with Crippen LogP contribution in [-0.2, 0) is 4.74 Å². The van der Waals surface area contributed by atoms with E-state index in [2.05, 4.69) is 20.1 Å². The van der Waals surface area contributed by atoms with Gasteiger partial charge in [0.05, 0.1) is 29.7 Å². The van der Waals surface area contributed by atoms with E-state index in [-0.39, 0.29) is 11.6 Å². The Bertz CT molecular complexity index is 1200. The smallest absolute Gasteiger partial charge is 0.298 e. The standard InChI is InChI=1S/C23H29N7O4S/c31-15-4-7-30(13-15)22-25-17(14-34-22)21(32)24-16-12-18-19(26-20(16)28-5-2-1-3-6-28)27-23(35-18)29-8-10-33-11-9-29/h12,14-15,31H,1-11,13H2,(H,24,32). The van der Waals surface area contributed by atoms with E-state index >= 15 is 0 Å². The van der Waals surface area contributed by atoms with Gasteiger partial charge in [0, 0.05) is 39.3 Å². The maximum absolute atomic E-state index is 13.1. The number of aromatic nitrogens is 3. The summed E-state index contributed by atoms with van der Waals surface area (Å²) in [4.78, 5) is 33.5. The minimum absolute atomic E-state index is 0.199. The number of amides is 1. The van der Waals surface area contributed by atoms with Gasteiger partial charge in [-0.05, 0) is 31.7 Å². The van der Waals surface area contributed by atoms with Gasteiger partial charge in [-0.15, -0.1) is 0 Å². The summed E-state index contributed by atoms with van der Waals surface area (Å²) in [6.07, 6.45) is 5.02. The lowest BCUT2D eigenvalue weighted by Crippen LogP contribution is -2.36. The molecule has 0 aliphatic carbocycles. The van der Waals surface area contributed by atoms with Crippen LogP contribution < -0.4 is 20.0 Å². The lowest BCUT2D eigenvalue weighted by atomic mass is 10.1. The molecule has 2 N–H and O–H groups in total. The first kappa shape index (κ1) is 22.5. The summed E-state index contributed by atoms with van der Waals surface area (Å²) >= 11 is 1.58. The second-order valence-corrected chi connectivity index (χ2v) is 10.2. The van der Waals surface area contributed by atoms with E-state index < -0.39 is 6.10 Å². The number of aliphatic hydroxyl groups excluding tert-OH is 1. The Morgan fingerprint density at radius 1 is 1.03 bits per heavy atom. The zero-order valence-electron chi connectivity index (χ0n) is 19.5. The van der Waals surface area contributed by atoms with Crippen LogP contribution in [0.1, 0.15) is 36.2 Å². The number of pyridine rings is 1. The molecule has 186 valence electrons. The molecular weight excluding hydrogens is 470 g/mol. The van der Waals surface area contributed by atoms with Gasteiger partial charge in [0.2, 0.25) is 0 Å². The van der Waals surface area contributed by atoms with Crippen molar-refractivity contribution >= 4 is 50.2 Å². The van der Waals surface area contributed by atoms with Crippen LogP contribution >= 0.6 is 11.3 Å². The number of aliphatic hydroxyl groups is 1. The Kier molecular flexibility index (Phi) is 6.17. The summed E-state index contributed by atoms with van der Waals surface area (Å²) in [6.45, 7) is 5.91. The molecule has 0 spiro atoms. The van der Waals surface area contributed by atoms with Crippen molar-refractivity contribution in [1.82, 2.24) is 15.0 Å². The van der Waals surface area contributed by atoms with Crippen molar-refractivity contribution < 1.29 is 19.1 Å². The average Bonchev–Trinajstić information content (AvgIpc) is 3.64. The second kappa shape index (κ2) is 9.59. The fourth-order valence-electron chi connectivity index (χ4n) is 4.79. The summed E-state index contributed by atoms with van der Waals surface area (Å²) in [6, 6.07) is 2.33. The Morgan fingerprint density at radius 3 is 2.63 bits per heavy atom. The summed E-state index contributed by atoms with van der Waals surface area (Å²) in [5.74, 6) is 0.396. The highest BCUT2D eigenvalue weighted by Crippen LogP contribution is 2.35. The molecule has 1 unspecified atom stereocenters. The highest BCUT2D eigenvalue weighted by Gasteiger charge is 2.26. The molecule has 1 amide bonds. The first-order chi connectivity index (χ1) is 17.1. The molecule has 6 heterocycles. The number of oxazole rings is 1. The number of nitrogens with zero attached hydrogens (tertiary/aromatic N) is 6. The van der Waals surface area contributed by atoms with Crippen molar-refractivity contribution in [3.63, 3.8) is 0 Å². The van der Waals surface area contributed by atoms with Crippen LogP contribution in [0.2, 0.25) is 0 Å². The minimum atomic E-state index is -0.397. The molecular formula is C23H29N7O4S. The van der Waals surface area contributed by atoms with Crippen molar-refractivity contribution in [3.05, 3.63) is 18.0 Å². The number of thiazole rings is 1. The highest BCUT2D eigenvalue weighted by molar-refractivity contribution is 7.22. The fourth-order valence-corrected chi connectivity index (χ4v) is 5.79. The summed E-state index contributed by atoms with van der Waals surface area (Å²) in [5.41, 5.74) is 1.55. The Balaban J connectivity index is 1.29. The van der Waals surface area contributed by atoms with Crippen LogP contribution in [-0.4, -0.2) is 84.6 Å². The number of hydrogen-bond acceptors (Lipinski definition) is 11. The maximum Gasteiger partial charge on any atom is 0.298 e. The molecule has 11 nitrogen and oxygen atoms in total. The van der Waals surface area contributed by atoms with Gasteiger partial charge < -0.3 is 34.3 Å². The van der Waals surface area contributed by atoms with E-state index in [0.29, 0.717) is 50.1 Å². The lowest BCUT2D eigenvalue weighted by molar-refractivity contribution is 0.102. The third-order valence-electron chi connectivity index (χ3n) is 6.70. The van der Waals surface area contributed by atoms with E-state index in [0.717, 1.165) is 54.7 Å². The fraction of sp³-hybridized carbons (Fsp3) is 0.565. The van der Waals surface area contributed by atoms with Crippen LogP contribution in [0, 0.1) is 0 Å². The summed E-state index contributed by atoms with van der Waals surface area (Å²) < 4.78 is 11.9. The largest absolute Gasteiger partial charge is 0.431 e. The molecule has 3 saturated heterocycles. The highest BCUT2D eigenvalue weighted by atomic mass is 32.1. The van der Waals surface area contributed by atoms with Crippen LogP contribution in [0.4, 0.5) is 22.7 Å². The van der Waals surface area contributed by atoms with Gasteiger partial charge >= 0.3 is 0 Å². The maximum atomic E-state index is 13.1. The zero-order chi connectivity index (χ0) is 23.8. The molecule has 0 saturated carbocycles. The topological polar surface area (TPSA) is 120 Å². The van der Waals surface area contributed by atoms with E-state index in [1.807, 2.05) is 11.0 Å². The van der Waals surface area contributed by atoms with Gasteiger partial charge in [-0.2, -0.15) is 9.97 Å². The van der Waals surface area contributed by atoms with E-state index in [4.69, 9.17) is 19.1 Å². The number of piperidine rings is 1.